The lowest BCUT2D eigenvalue weighted by atomic mass is 9.96. The second kappa shape index (κ2) is 9.69. The van der Waals surface area contributed by atoms with Gasteiger partial charge in [-0.3, -0.25) is 4.57 Å². The molecule has 0 saturated carbocycles. The average Bonchev–Trinajstić information content (AvgIpc) is 3.09. The van der Waals surface area contributed by atoms with E-state index in [9.17, 15) is 4.79 Å². The first-order valence-electron chi connectivity index (χ1n) is 10.9. The Balaban J connectivity index is 1.36. The molecule has 2 aromatic rings. The second-order valence-corrected chi connectivity index (χ2v) is 7.96. The van der Waals surface area contributed by atoms with Crippen LogP contribution in [-0.4, -0.2) is 58.4 Å². The Kier molecular flexibility index (Phi) is 6.79. The molecule has 158 valence electrons. The predicted octanol–water partition coefficient (Wildman–Crippen LogP) is 2.45. The van der Waals surface area contributed by atoms with Crippen molar-refractivity contribution in [1.82, 2.24) is 19.2 Å². The van der Waals surface area contributed by atoms with E-state index in [0.29, 0.717) is 19.0 Å². The van der Waals surface area contributed by atoms with Gasteiger partial charge in [0, 0.05) is 25.4 Å². The summed E-state index contributed by atoms with van der Waals surface area (Å²) in [7, 11) is 0. The molecule has 4 rings (SSSR count). The van der Waals surface area contributed by atoms with Crippen LogP contribution in [0.2, 0.25) is 0 Å². The molecule has 2 aliphatic rings. The molecule has 0 radical (unpaired) electrons. The third-order valence-electron chi connectivity index (χ3n) is 5.97. The second-order valence-electron chi connectivity index (χ2n) is 7.96. The minimum absolute atomic E-state index is 0.000351. The lowest BCUT2D eigenvalue weighted by molar-refractivity contribution is -0.182. The van der Waals surface area contributed by atoms with E-state index >= 15 is 0 Å². The third kappa shape index (κ3) is 4.97. The Morgan fingerprint density at radius 2 is 1.83 bits per heavy atom. The lowest BCUT2D eigenvalue weighted by Crippen LogP contribution is -2.37. The van der Waals surface area contributed by atoms with E-state index < -0.39 is 0 Å². The molecule has 7 nitrogen and oxygen atoms in total. The fraction of sp³-hybridized carbons (Fsp3) is 0.636. The van der Waals surface area contributed by atoms with Crippen molar-refractivity contribution in [2.24, 2.45) is 0 Å². The zero-order valence-electron chi connectivity index (χ0n) is 17.3. The van der Waals surface area contributed by atoms with Crippen LogP contribution in [0.3, 0.4) is 0 Å². The highest BCUT2D eigenvalue weighted by molar-refractivity contribution is 5.15. The van der Waals surface area contributed by atoms with Crippen molar-refractivity contribution in [2.75, 3.05) is 32.8 Å². The molecule has 0 aliphatic carbocycles. The summed E-state index contributed by atoms with van der Waals surface area (Å²) < 4.78 is 14.8. The molecule has 7 heteroatoms. The molecule has 0 amide bonds. The molecule has 3 heterocycles. The number of ether oxygens (including phenoxy) is 2. The molecule has 29 heavy (non-hydrogen) atoms. The predicted molar refractivity (Wildman–Crippen MR) is 111 cm³/mol. The number of nitrogens with zero attached hydrogens (tertiary/aromatic N) is 4. The highest BCUT2D eigenvalue weighted by atomic mass is 16.7. The van der Waals surface area contributed by atoms with Gasteiger partial charge in [-0.25, -0.2) is 9.48 Å². The molecule has 0 N–H and O–H groups in total. The molecule has 1 aromatic heterocycles. The summed E-state index contributed by atoms with van der Waals surface area (Å²) in [6, 6.07) is 10.1. The summed E-state index contributed by atoms with van der Waals surface area (Å²) in [5, 5.41) is 4.75. The van der Waals surface area contributed by atoms with Crippen LogP contribution in [0, 0.1) is 0 Å². The Bertz CT molecular complexity index is 818. The Morgan fingerprint density at radius 1 is 1.10 bits per heavy atom. The topological polar surface area (TPSA) is 61.5 Å². The Labute approximate surface area is 172 Å². The maximum atomic E-state index is 12.8. The minimum Gasteiger partial charge on any atom is -0.353 e. The summed E-state index contributed by atoms with van der Waals surface area (Å²) in [6.07, 6.45) is 3.96. The SMILES string of the molecule is CCn1c(C2CCN(CCC3OCCCO3)CC2)nn(Cc2ccccc2)c1=O. The standard InChI is InChI=1S/C22H32N4O3/c1-2-25-21(23-26(22(25)27)17-18-7-4-3-5-8-18)19-9-12-24(13-10-19)14-11-20-28-15-6-16-29-20/h3-5,7-8,19-20H,2,6,9-17H2,1H3. The minimum atomic E-state index is -0.0413. The van der Waals surface area contributed by atoms with Crippen molar-refractivity contribution in [3.63, 3.8) is 0 Å². The van der Waals surface area contributed by atoms with Gasteiger partial charge in [-0.1, -0.05) is 30.3 Å². The fourth-order valence-electron chi connectivity index (χ4n) is 4.32. The Morgan fingerprint density at radius 3 is 2.52 bits per heavy atom. The molecule has 0 unspecified atom stereocenters. The van der Waals surface area contributed by atoms with Gasteiger partial charge < -0.3 is 14.4 Å². The van der Waals surface area contributed by atoms with Crippen LogP contribution >= 0.6 is 0 Å². The molecule has 2 fully saturated rings. The van der Waals surface area contributed by atoms with Gasteiger partial charge in [-0.05, 0) is 44.8 Å². The van der Waals surface area contributed by atoms with Gasteiger partial charge in [0.1, 0.15) is 5.82 Å². The van der Waals surface area contributed by atoms with Crippen LogP contribution in [0.15, 0.2) is 35.1 Å². The first-order valence-corrected chi connectivity index (χ1v) is 10.9. The van der Waals surface area contributed by atoms with Crippen LogP contribution < -0.4 is 5.69 Å². The number of hydrogen-bond donors (Lipinski definition) is 0. The van der Waals surface area contributed by atoms with Gasteiger partial charge in [-0.2, -0.15) is 5.10 Å². The Hall–Kier alpha value is -1.96. The van der Waals surface area contributed by atoms with Crippen molar-refractivity contribution >= 4 is 0 Å². The maximum absolute atomic E-state index is 12.8. The first kappa shape index (κ1) is 20.3. The number of rotatable bonds is 7. The summed E-state index contributed by atoms with van der Waals surface area (Å²) in [6.45, 7) is 7.90. The summed E-state index contributed by atoms with van der Waals surface area (Å²) in [4.78, 5) is 15.3. The van der Waals surface area contributed by atoms with Crippen LogP contribution in [-0.2, 0) is 22.6 Å². The van der Waals surface area contributed by atoms with Gasteiger partial charge in [-0.15, -0.1) is 0 Å². The molecule has 0 spiro atoms. The van der Waals surface area contributed by atoms with Gasteiger partial charge in [0.05, 0.1) is 19.8 Å². The van der Waals surface area contributed by atoms with Crippen molar-refractivity contribution in [3.05, 3.63) is 52.2 Å². The van der Waals surface area contributed by atoms with E-state index in [1.54, 1.807) is 4.68 Å². The molecular weight excluding hydrogens is 368 g/mol. The lowest BCUT2D eigenvalue weighted by Gasteiger charge is -2.33. The van der Waals surface area contributed by atoms with E-state index in [4.69, 9.17) is 14.6 Å². The maximum Gasteiger partial charge on any atom is 0.346 e. The van der Waals surface area contributed by atoms with E-state index in [2.05, 4.69) is 4.90 Å². The number of hydrogen-bond acceptors (Lipinski definition) is 5. The van der Waals surface area contributed by atoms with Crippen molar-refractivity contribution in [1.29, 1.82) is 0 Å². The third-order valence-corrected chi connectivity index (χ3v) is 5.97. The van der Waals surface area contributed by atoms with Gasteiger partial charge in [0.25, 0.3) is 0 Å². The summed E-state index contributed by atoms with van der Waals surface area (Å²) in [5.41, 5.74) is 1.10. The number of aromatic nitrogens is 3. The monoisotopic (exact) mass is 400 g/mol. The molecule has 2 saturated heterocycles. The van der Waals surface area contributed by atoms with Gasteiger partial charge in [0.2, 0.25) is 0 Å². The van der Waals surface area contributed by atoms with E-state index in [0.717, 1.165) is 69.9 Å². The highest BCUT2D eigenvalue weighted by Gasteiger charge is 2.27. The van der Waals surface area contributed by atoms with Crippen LogP contribution in [0.25, 0.3) is 0 Å². The quantitative estimate of drug-likeness (QED) is 0.714. The summed E-state index contributed by atoms with van der Waals surface area (Å²) in [5.74, 6) is 1.30. The molecule has 2 aliphatic heterocycles. The van der Waals surface area contributed by atoms with Gasteiger partial charge in [0.15, 0.2) is 6.29 Å². The molecule has 0 bridgehead atoms. The average molecular weight is 401 g/mol. The number of likely N-dealkylation sites (tertiary alicyclic amines) is 1. The smallest absolute Gasteiger partial charge is 0.346 e. The summed E-state index contributed by atoms with van der Waals surface area (Å²) >= 11 is 0. The fourth-order valence-corrected chi connectivity index (χ4v) is 4.32. The normalized spacial score (nSPS) is 19.6. The molecule has 1 aromatic carbocycles. The van der Waals surface area contributed by atoms with Crippen LogP contribution in [0.5, 0.6) is 0 Å². The van der Waals surface area contributed by atoms with Crippen molar-refractivity contribution < 1.29 is 9.47 Å². The van der Waals surface area contributed by atoms with Crippen molar-refractivity contribution in [2.45, 2.75) is 57.9 Å². The first-order chi connectivity index (χ1) is 14.2. The number of benzene rings is 1. The van der Waals surface area contributed by atoms with Crippen LogP contribution in [0.1, 0.15) is 49.9 Å². The van der Waals surface area contributed by atoms with Gasteiger partial charge >= 0.3 is 5.69 Å². The zero-order chi connectivity index (χ0) is 20.1. The van der Waals surface area contributed by atoms with E-state index in [1.807, 2.05) is 41.8 Å². The zero-order valence-corrected chi connectivity index (χ0v) is 17.3. The molecule has 0 atom stereocenters. The highest BCUT2D eigenvalue weighted by Crippen LogP contribution is 2.26. The number of piperidine rings is 1. The van der Waals surface area contributed by atoms with E-state index in [1.165, 1.54) is 0 Å². The molecular formula is C22H32N4O3. The largest absolute Gasteiger partial charge is 0.353 e. The van der Waals surface area contributed by atoms with Crippen LogP contribution in [0.4, 0.5) is 0 Å². The van der Waals surface area contributed by atoms with E-state index in [-0.39, 0.29) is 12.0 Å². The van der Waals surface area contributed by atoms with Crippen molar-refractivity contribution in [3.8, 4) is 0 Å².